The Balaban J connectivity index is 2.56. The number of methoxy groups -OCH3 is 3. The van der Waals surface area contributed by atoms with Gasteiger partial charge in [-0.3, -0.25) is 9.59 Å². The fourth-order valence-electron chi connectivity index (χ4n) is 1.77. The third-order valence-corrected chi connectivity index (χ3v) is 2.94. The van der Waals surface area contributed by atoms with Crippen LogP contribution in [0.4, 0.5) is 0 Å². The first-order valence-corrected chi connectivity index (χ1v) is 6.43. The molecule has 0 aliphatic carbocycles. The van der Waals surface area contributed by atoms with Crippen LogP contribution in [0.1, 0.15) is 36.0 Å². The lowest BCUT2D eigenvalue weighted by Crippen LogP contribution is -2.03. The van der Waals surface area contributed by atoms with Crippen LogP contribution in [-0.2, 0) is 9.53 Å². The summed E-state index contributed by atoms with van der Waals surface area (Å²) in [6.07, 6.45) is 2.01. The molecule has 0 radical (unpaired) electrons. The fourth-order valence-corrected chi connectivity index (χ4v) is 1.77. The molecular formula is C15H20O5. The highest BCUT2D eigenvalue weighted by molar-refractivity contribution is 5.96. The van der Waals surface area contributed by atoms with Crippen LogP contribution in [0.5, 0.6) is 11.5 Å². The Labute approximate surface area is 118 Å². The van der Waals surface area contributed by atoms with Gasteiger partial charge in [-0.2, -0.15) is 0 Å². The zero-order valence-electron chi connectivity index (χ0n) is 12.1. The zero-order chi connectivity index (χ0) is 15.0. The van der Waals surface area contributed by atoms with Gasteiger partial charge in [0, 0.05) is 24.5 Å². The number of Topliss-reactive ketones (excluding diaryl/α,β-unsaturated/α-hetero) is 1. The highest BCUT2D eigenvalue weighted by atomic mass is 16.5. The SMILES string of the molecule is COC(=O)CCCCC(=O)c1cc(OC)cc(OC)c1. The minimum Gasteiger partial charge on any atom is -0.497 e. The number of hydrogen-bond acceptors (Lipinski definition) is 5. The highest BCUT2D eigenvalue weighted by Crippen LogP contribution is 2.23. The first-order valence-electron chi connectivity index (χ1n) is 6.43. The van der Waals surface area contributed by atoms with Gasteiger partial charge in [0.1, 0.15) is 11.5 Å². The number of ether oxygens (including phenoxy) is 3. The van der Waals surface area contributed by atoms with E-state index in [2.05, 4.69) is 4.74 Å². The Bertz CT molecular complexity index is 445. The van der Waals surface area contributed by atoms with Crippen LogP contribution >= 0.6 is 0 Å². The van der Waals surface area contributed by atoms with E-state index >= 15 is 0 Å². The average molecular weight is 280 g/mol. The molecule has 5 nitrogen and oxygen atoms in total. The molecule has 0 bridgehead atoms. The molecule has 5 heteroatoms. The third-order valence-electron chi connectivity index (χ3n) is 2.94. The predicted molar refractivity (Wildman–Crippen MR) is 74.4 cm³/mol. The Morgan fingerprint density at radius 2 is 1.45 bits per heavy atom. The van der Waals surface area contributed by atoms with Crippen LogP contribution in [0.3, 0.4) is 0 Å². The second-order valence-electron chi connectivity index (χ2n) is 4.31. The number of esters is 1. The highest BCUT2D eigenvalue weighted by Gasteiger charge is 2.10. The number of carbonyl (C=O) groups excluding carboxylic acids is 2. The molecule has 110 valence electrons. The van der Waals surface area contributed by atoms with Gasteiger partial charge in [-0.15, -0.1) is 0 Å². The zero-order valence-corrected chi connectivity index (χ0v) is 12.1. The van der Waals surface area contributed by atoms with E-state index in [1.54, 1.807) is 32.4 Å². The second kappa shape index (κ2) is 8.19. The van der Waals surface area contributed by atoms with Crippen LogP contribution in [0.25, 0.3) is 0 Å². The molecule has 0 saturated carbocycles. The van der Waals surface area contributed by atoms with E-state index in [1.165, 1.54) is 7.11 Å². The number of unbranched alkanes of at least 4 members (excludes halogenated alkanes) is 1. The van der Waals surface area contributed by atoms with Crippen molar-refractivity contribution in [3.05, 3.63) is 23.8 Å². The van der Waals surface area contributed by atoms with Gasteiger partial charge in [0.15, 0.2) is 5.78 Å². The van der Waals surface area contributed by atoms with E-state index in [0.717, 1.165) is 0 Å². The number of rotatable bonds is 8. The third kappa shape index (κ3) is 4.91. The van der Waals surface area contributed by atoms with Gasteiger partial charge in [0.2, 0.25) is 0 Å². The van der Waals surface area contributed by atoms with Crippen molar-refractivity contribution in [1.82, 2.24) is 0 Å². The van der Waals surface area contributed by atoms with Gasteiger partial charge in [-0.25, -0.2) is 0 Å². The summed E-state index contributed by atoms with van der Waals surface area (Å²) in [5, 5.41) is 0. The van der Waals surface area contributed by atoms with Crippen LogP contribution in [0.15, 0.2) is 18.2 Å². The summed E-state index contributed by atoms with van der Waals surface area (Å²) in [5.41, 5.74) is 0.555. The van der Waals surface area contributed by atoms with Gasteiger partial charge in [-0.1, -0.05) is 0 Å². The molecule has 0 heterocycles. The van der Waals surface area contributed by atoms with Gasteiger partial charge in [0.25, 0.3) is 0 Å². The van der Waals surface area contributed by atoms with Crippen molar-refractivity contribution in [3.63, 3.8) is 0 Å². The van der Waals surface area contributed by atoms with E-state index in [-0.39, 0.29) is 11.8 Å². The fraction of sp³-hybridized carbons (Fsp3) is 0.467. The van der Waals surface area contributed by atoms with Crippen LogP contribution in [0.2, 0.25) is 0 Å². The lowest BCUT2D eigenvalue weighted by Gasteiger charge is -2.07. The molecule has 0 aliphatic heterocycles. The maximum absolute atomic E-state index is 12.1. The van der Waals surface area contributed by atoms with Crippen molar-refractivity contribution >= 4 is 11.8 Å². The monoisotopic (exact) mass is 280 g/mol. The summed E-state index contributed by atoms with van der Waals surface area (Å²) in [6.45, 7) is 0. The van der Waals surface area contributed by atoms with Gasteiger partial charge < -0.3 is 14.2 Å². The normalized spacial score (nSPS) is 9.95. The quantitative estimate of drug-likeness (QED) is 0.416. The summed E-state index contributed by atoms with van der Waals surface area (Å²) in [6, 6.07) is 5.09. The lowest BCUT2D eigenvalue weighted by molar-refractivity contribution is -0.140. The molecule has 0 aromatic heterocycles. The second-order valence-corrected chi connectivity index (χ2v) is 4.31. The Morgan fingerprint density at radius 1 is 0.900 bits per heavy atom. The first kappa shape index (κ1) is 16.0. The van der Waals surface area contributed by atoms with Crippen molar-refractivity contribution in [3.8, 4) is 11.5 Å². The average Bonchev–Trinajstić information content (AvgIpc) is 2.50. The smallest absolute Gasteiger partial charge is 0.305 e. The van der Waals surface area contributed by atoms with Crippen molar-refractivity contribution in [2.24, 2.45) is 0 Å². The maximum Gasteiger partial charge on any atom is 0.305 e. The van der Waals surface area contributed by atoms with E-state index in [4.69, 9.17) is 9.47 Å². The first-order chi connectivity index (χ1) is 9.60. The van der Waals surface area contributed by atoms with Crippen molar-refractivity contribution in [1.29, 1.82) is 0 Å². The Kier molecular flexibility index (Phi) is 6.56. The molecule has 0 N–H and O–H groups in total. The molecule has 1 aromatic carbocycles. The van der Waals surface area contributed by atoms with Crippen molar-refractivity contribution < 1.29 is 23.8 Å². The van der Waals surface area contributed by atoms with Gasteiger partial charge >= 0.3 is 5.97 Å². The number of carbonyl (C=O) groups is 2. The molecule has 1 rings (SSSR count). The molecule has 0 spiro atoms. The van der Waals surface area contributed by atoms with Gasteiger partial charge in [0.05, 0.1) is 21.3 Å². The molecule has 0 fully saturated rings. The number of benzene rings is 1. The molecule has 20 heavy (non-hydrogen) atoms. The van der Waals surface area contributed by atoms with Crippen LogP contribution in [0, 0.1) is 0 Å². The Morgan fingerprint density at radius 3 is 1.95 bits per heavy atom. The largest absolute Gasteiger partial charge is 0.497 e. The molecule has 0 aliphatic rings. The van der Waals surface area contributed by atoms with Crippen LogP contribution in [-0.4, -0.2) is 33.1 Å². The lowest BCUT2D eigenvalue weighted by atomic mass is 10.0. The molecular weight excluding hydrogens is 260 g/mol. The van der Waals surface area contributed by atoms with E-state index in [0.29, 0.717) is 42.7 Å². The van der Waals surface area contributed by atoms with E-state index in [1.807, 2.05) is 0 Å². The molecule has 0 atom stereocenters. The van der Waals surface area contributed by atoms with Crippen molar-refractivity contribution in [2.45, 2.75) is 25.7 Å². The Hall–Kier alpha value is -2.04. The standard InChI is InChI=1S/C15H20O5/c1-18-12-8-11(9-13(10-12)19-2)14(16)6-4-5-7-15(17)20-3/h8-10H,4-7H2,1-3H3. The minimum absolute atomic E-state index is 0.00654. The summed E-state index contributed by atoms with van der Waals surface area (Å²) < 4.78 is 14.8. The predicted octanol–water partition coefficient (Wildman–Crippen LogP) is 2.62. The minimum atomic E-state index is -0.250. The number of ketones is 1. The number of hydrogen-bond donors (Lipinski definition) is 0. The summed E-state index contributed by atoms with van der Waals surface area (Å²) in [7, 11) is 4.44. The van der Waals surface area contributed by atoms with E-state index < -0.39 is 0 Å². The van der Waals surface area contributed by atoms with Gasteiger partial charge in [-0.05, 0) is 25.0 Å². The summed E-state index contributed by atoms with van der Waals surface area (Å²) in [5.74, 6) is 0.928. The molecule has 0 unspecified atom stereocenters. The topological polar surface area (TPSA) is 61.8 Å². The summed E-state index contributed by atoms with van der Waals surface area (Å²) >= 11 is 0. The summed E-state index contributed by atoms with van der Waals surface area (Å²) in [4.78, 5) is 23.0. The molecule has 0 amide bonds. The van der Waals surface area contributed by atoms with E-state index in [9.17, 15) is 9.59 Å². The van der Waals surface area contributed by atoms with Crippen molar-refractivity contribution in [2.75, 3.05) is 21.3 Å². The maximum atomic E-state index is 12.1. The molecule has 0 saturated heterocycles. The van der Waals surface area contributed by atoms with Crippen LogP contribution < -0.4 is 9.47 Å². The molecule has 1 aromatic rings.